The molecule has 0 radical (unpaired) electrons. The Bertz CT molecular complexity index is 1290. The van der Waals surface area contributed by atoms with E-state index in [1.807, 2.05) is 84.9 Å². The zero-order chi connectivity index (χ0) is 25.8. The Hall–Kier alpha value is -3.45. The smallest absolute Gasteiger partial charge is 0.410 e. The van der Waals surface area contributed by atoms with Crippen molar-refractivity contribution in [3.63, 3.8) is 0 Å². The number of rotatable bonds is 6. The molecular weight excluding hydrogens is 530 g/mol. The topological polar surface area (TPSA) is 85.0 Å². The van der Waals surface area contributed by atoms with E-state index < -0.39 is 11.5 Å². The number of Topliss-reactive ketones (excluding diaryl/α,β-unsaturated/α-hetero) is 1. The second-order valence-corrected chi connectivity index (χ2v) is 10.7. The van der Waals surface area contributed by atoms with E-state index in [2.05, 4.69) is 15.9 Å². The average molecular weight is 560 g/mol. The van der Waals surface area contributed by atoms with Gasteiger partial charge in [0.25, 0.3) is 0 Å². The van der Waals surface area contributed by atoms with Crippen molar-refractivity contribution in [3.05, 3.63) is 106 Å². The van der Waals surface area contributed by atoms with Crippen molar-refractivity contribution < 1.29 is 14.3 Å². The van der Waals surface area contributed by atoms with Gasteiger partial charge in [0.2, 0.25) is 0 Å². The molecule has 3 aromatic carbocycles. The number of carbonyl (C=O) groups excluding carboxylic acids is 2. The van der Waals surface area contributed by atoms with Gasteiger partial charge in [-0.1, -0.05) is 88.7 Å². The van der Waals surface area contributed by atoms with Gasteiger partial charge in [-0.05, 0) is 54.0 Å². The second kappa shape index (κ2) is 10.9. The maximum Gasteiger partial charge on any atom is 0.410 e. The van der Waals surface area contributed by atoms with Crippen molar-refractivity contribution in [2.24, 2.45) is 22.6 Å². The molecule has 1 fully saturated rings. The van der Waals surface area contributed by atoms with E-state index in [1.165, 1.54) is 0 Å². The van der Waals surface area contributed by atoms with Gasteiger partial charge in [0.15, 0.2) is 11.3 Å². The zero-order valence-corrected chi connectivity index (χ0v) is 22.1. The number of hydrogen-bond acceptors (Lipinski definition) is 5. The highest BCUT2D eigenvalue weighted by atomic mass is 79.9. The van der Waals surface area contributed by atoms with Gasteiger partial charge < -0.3 is 15.4 Å². The van der Waals surface area contributed by atoms with Crippen LogP contribution in [0, 0.1) is 11.8 Å². The Balaban J connectivity index is 1.26. The minimum atomic E-state index is -1.15. The van der Waals surface area contributed by atoms with E-state index in [4.69, 9.17) is 15.5 Å². The monoisotopic (exact) mass is 559 g/mol. The molecule has 5 rings (SSSR count). The summed E-state index contributed by atoms with van der Waals surface area (Å²) in [5.74, 6) is 0.216. The number of amides is 1. The third-order valence-electron chi connectivity index (χ3n) is 7.41. The molecule has 2 unspecified atom stereocenters. The Kier molecular flexibility index (Phi) is 7.42. The first kappa shape index (κ1) is 25.2. The van der Waals surface area contributed by atoms with E-state index in [-0.39, 0.29) is 24.4 Å². The lowest BCUT2D eigenvalue weighted by molar-refractivity contribution is -0.124. The summed E-state index contributed by atoms with van der Waals surface area (Å²) in [6, 6.07) is 27.1. The average Bonchev–Trinajstić information content (AvgIpc) is 3.19. The molecule has 37 heavy (non-hydrogen) atoms. The van der Waals surface area contributed by atoms with Crippen molar-refractivity contribution in [2.45, 2.75) is 31.4 Å². The first-order chi connectivity index (χ1) is 18.0. The van der Waals surface area contributed by atoms with Gasteiger partial charge in [0.05, 0.1) is 5.92 Å². The number of likely N-dealkylation sites (tertiary alicyclic amines) is 1. The number of ketones is 1. The third kappa shape index (κ3) is 5.18. The molecule has 6 nitrogen and oxygen atoms in total. The van der Waals surface area contributed by atoms with Gasteiger partial charge in [-0.15, -0.1) is 0 Å². The van der Waals surface area contributed by atoms with Crippen molar-refractivity contribution in [2.75, 3.05) is 13.1 Å². The number of ether oxygens (including phenoxy) is 1. The van der Waals surface area contributed by atoms with Crippen LogP contribution in [0.1, 0.15) is 36.0 Å². The summed E-state index contributed by atoms with van der Waals surface area (Å²) in [5, 5.41) is 0. The lowest BCUT2D eigenvalue weighted by Gasteiger charge is -2.33. The predicted molar refractivity (Wildman–Crippen MR) is 147 cm³/mol. The minimum Gasteiger partial charge on any atom is -0.445 e. The summed E-state index contributed by atoms with van der Waals surface area (Å²) < 4.78 is 6.38. The van der Waals surface area contributed by atoms with Gasteiger partial charge in [-0.2, -0.15) is 0 Å². The van der Waals surface area contributed by atoms with Crippen LogP contribution >= 0.6 is 15.9 Å². The molecule has 1 saturated heterocycles. The Morgan fingerprint density at radius 2 is 1.62 bits per heavy atom. The van der Waals surface area contributed by atoms with Gasteiger partial charge in [-0.25, -0.2) is 9.79 Å². The van der Waals surface area contributed by atoms with Gasteiger partial charge in [0, 0.05) is 17.6 Å². The van der Waals surface area contributed by atoms with E-state index in [0.29, 0.717) is 25.3 Å². The van der Waals surface area contributed by atoms with Crippen LogP contribution < -0.4 is 5.73 Å². The number of benzene rings is 3. The lowest BCUT2D eigenvalue weighted by Crippen LogP contribution is -2.41. The van der Waals surface area contributed by atoms with Crippen LogP contribution in [-0.2, 0) is 21.7 Å². The maximum atomic E-state index is 14.1. The lowest BCUT2D eigenvalue weighted by atomic mass is 9.75. The number of piperidine rings is 1. The molecule has 190 valence electrons. The molecule has 0 saturated carbocycles. The fourth-order valence-electron chi connectivity index (χ4n) is 5.41. The number of hydrogen-bond donors (Lipinski definition) is 1. The Morgan fingerprint density at radius 1 is 0.973 bits per heavy atom. The van der Waals surface area contributed by atoms with Crippen molar-refractivity contribution in [1.29, 1.82) is 0 Å². The standard InChI is InChI=1S/C30H30BrN3O3/c31-25-13-7-12-24(19-25)30(23-10-5-2-6-11-23)27(35)26(28(32)33-30)18-21-14-16-34(17-15-21)29(36)37-20-22-8-3-1-4-9-22/h1-13,19,21,26H,14-18,20H2,(H2,32,33). The molecule has 7 heteroatoms. The Morgan fingerprint density at radius 3 is 2.30 bits per heavy atom. The molecule has 0 aliphatic carbocycles. The molecule has 2 aliphatic heterocycles. The summed E-state index contributed by atoms with van der Waals surface area (Å²) >= 11 is 3.54. The summed E-state index contributed by atoms with van der Waals surface area (Å²) in [5.41, 5.74) is 7.92. The number of amidine groups is 1. The van der Waals surface area contributed by atoms with Crippen LogP contribution in [0.5, 0.6) is 0 Å². The van der Waals surface area contributed by atoms with E-state index in [9.17, 15) is 9.59 Å². The van der Waals surface area contributed by atoms with Crippen LogP contribution in [0.15, 0.2) is 94.4 Å². The molecule has 2 aliphatic rings. The highest BCUT2D eigenvalue weighted by Gasteiger charge is 2.51. The summed E-state index contributed by atoms with van der Waals surface area (Å²) in [6.07, 6.45) is 1.93. The molecule has 0 spiro atoms. The summed E-state index contributed by atoms with van der Waals surface area (Å²) in [7, 11) is 0. The molecule has 1 amide bonds. The Labute approximate surface area is 225 Å². The van der Waals surface area contributed by atoms with Gasteiger partial charge >= 0.3 is 6.09 Å². The van der Waals surface area contributed by atoms with Gasteiger partial charge in [0.1, 0.15) is 12.4 Å². The zero-order valence-electron chi connectivity index (χ0n) is 20.6. The minimum absolute atomic E-state index is 0.0130. The highest BCUT2D eigenvalue weighted by Crippen LogP contribution is 2.44. The molecule has 2 atom stereocenters. The van der Waals surface area contributed by atoms with Crippen LogP contribution in [0.2, 0.25) is 0 Å². The van der Waals surface area contributed by atoms with Gasteiger partial charge in [-0.3, -0.25) is 4.79 Å². The van der Waals surface area contributed by atoms with E-state index in [1.54, 1.807) is 4.90 Å². The summed E-state index contributed by atoms with van der Waals surface area (Å²) in [6.45, 7) is 1.47. The SMILES string of the molecule is NC1=NC(c2ccccc2)(c2cccc(Br)c2)C(=O)C1CC1CCN(C(=O)OCc2ccccc2)CC1. The van der Waals surface area contributed by atoms with Crippen molar-refractivity contribution in [1.82, 2.24) is 4.90 Å². The fraction of sp³-hybridized carbons (Fsp3) is 0.300. The summed E-state index contributed by atoms with van der Waals surface area (Å²) in [4.78, 5) is 33.3. The largest absolute Gasteiger partial charge is 0.445 e. The molecule has 3 aromatic rings. The van der Waals surface area contributed by atoms with Crippen LogP contribution in [0.3, 0.4) is 0 Å². The number of aliphatic imine (C=N–C) groups is 1. The molecular formula is C30H30BrN3O3. The first-order valence-electron chi connectivity index (χ1n) is 12.6. The maximum absolute atomic E-state index is 14.1. The first-order valence-corrected chi connectivity index (χ1v) is 13.4. The highest BCUT2D eigenvalue weighted by molar-refractivity contribution is 9.10. The normalized spacial score (nSPS) is 22.1. The molecule has 0 aromatic heterocycles. The van der Waals surface area contributed by atoms with Crippen molar-refractivity contribution >= 4 is 33.6 Å². The second-order valence-electron chi connectivity index (χ2n) is 9.75. The van der Waals surface area contributed by atoms with Crippen LogP contribution in [0.4, 0.5) is 4.79 Å². The van der Waals surface area contributed by atoms with Crippen LogP contribution in [-0.4, -0.2) is 35.7 Å². The molecule has 2 heterocycles. The number of carbonyl (C=O) groups is 2. The quantitative estimate of drug-likeness (QED) is 0.420. The molecule has 0 bridgehead atoms. The van der Waals surface area contributed by atoms with E-state index in [0.717, 1.165) is 34.0 Å². The number of nitrogens with zero attached hydrogens (tertiary/aromatic N) is 2. The van der Waals surface area contributed by atoms with Crippen molar-refractivity contribution in [3.8, 4) is 0 Å². The number of halogens is 1. The fourth-order valence-corrected chi connectivity index (χ4v) is 5.81. The van der Waals surface area contributed by atoms with E-state index >= 15 is 0 Å². The predicted octanol–water partition coefficient (Wildman–Crippen LogP) is 5.69. The number of nitrogens with two attached hydrogens (primary N) is 1. The van der Waals surface area contributed by atoms with Crippen LogP contribution in [0.25, 0.3) is 0 Å². The third-order valence-corrected chi connectivity index (χ3v) is 7.90. The molecule has 2 N–H and O–H groups in total.